The van der Waals surface area contributed by atoms with E-state index in [1.54, 1.807) is 0 Å². The Balaban J connectivity index is 3.86. The summed E-state index contributed by atoms with van der Waals surface area (Å²) in [6.45, 7) is 7.05. The summed E-state index contributed by atoms with van der Waals surface area (Å²) < 4.78 is 4.78. The van der Waals surface area contributed by atoms with Gasteiger partial charge < -0.3 is 15.0 Å². The summed E-state index contributed by atoms with van der Waals surface area (Å²) >= 11 is 0. The first-order chi connectivity index (χ1) is 7.65. The minimum absolute atomic E-state index is 0.143. The molecule has 0 saturated carbocycles. The molecular formula is C12H26N2O2. The van der Waals surface area contributed by atoms with Gasteiger partial charge in [0.15, 0.2) is 0 Å². The van der Waals surface area contributed by atoms with Gasteiger partial charge in [-0.2, -0.15) is 0 Å². The molecule has 96 valence electrons. The molecule has 4 heteroatoms. The highest BCUT2D eigenvalue weighted by atomic mass is 16.5. The minimum Gasteiger partial charge on any atom is -0.468 e. The Kier molecular flexibility index (Phi) is 9.24. The predicted octanol–water partition coefficient (Wildman–Crippen LogP) is 1.26. The van der Waals surface area contributed by atoms with Crippen LogP contribution >= 0.6 is 0 Å². The SMILES string of the molecule is CCCCC(NCCN(C)CC)C(=O)OC. The summed E-state index contributed by atoms with van der Waals surface area (Å²) in [5.41, 5.74) is 0. The van der Waals surface area contributed by atoms with E-state index in [0.29, 0.717) is 0 Å². The molecular weight excluding hydrogens is 204 g/mol. The highest BCUT2D eigenvalue weighted by molar-refractivity contribution is 5.75. The third kappa shape index (κ3) is 6.80. The summed E-state index contributed by atoms with van der Waals surface area (Å²) in [5.74, 6) is -0.146. The van der Waals surface area contributed by atoms with Crippen LogP contribution in [0.4, 0.5) is 0 Å². The monoisotopic (exact) mass is 230 g/mol. The second-order valence-electron chi connectivity index (χ2n) is 4.07. The molecule has 0 aliphatic heterocycles. The van der Waals surface area contributed by atoms with Crippen LogP contribution in [0.25, 0.3) is 0 Å². The van der Waals surface area contributed by atoms with Gasteiger partial charge in [0, 0.05) is 13.1 Å². The average molecular weight is 230 g/mol. The average Bonchev–Trinajstić information content (AvgIpc) is 2.32. The van der Waals surface area contributed by atoms with E-state index in [2.05, 4.69) is 31.1 Å². The maximum absolute atomic E-state index is 11.5. The Morgan fingerprint density at radius 1 is 1.44 bits per heavy atom. The molecule has 0 saturated heterocycles. The van der Waals surface area contributed by atoms with Crippen molar-refractivity contribution in [1.29, 1.82) is 0 Å². The molecule has 1 atom stereocenters. The van der Waals surface area contributed by atoms with Gasteiger partial charge in [0.25, 0.3) is 0 Å². The van der Waals surface area contributed by atoms with Crippen molar-refractivity contribution < 1.29 is 9.53 Å². The Morgan fingerprint density at radius 3 is 2.62 bits per heavy atom. The zero-order chi connectivity index (χ0) is 12.4. The number of rotatable bonds is 9. The van der Waals surface area contributed by atoms with Gasteiger partial charge in [-0.15, -0.1) is 0 Å². The zero-order valence-corrected chi connectivity index (χ0v) is 11.1. The number of carbonyl (C=O) groups is 1. The molecule has 0 bridgehead atoms. The second kappa shape index (κ2) is 9.60. The van der Waals surface area contributed by atoms with Crippen LogP contribution in [0.1, 0.15) is 33.1 Å². The molecule has 0 spiro atoms. The maximum atomic E-state index is 11.5. The van der Waals surface area contributed by atoms with Crippen LogP contribution in [0.2, 0.25) is 0 Å². The van der Waals surface area contributed by atoms with E-state index < -0.39 is 0 Å². The molecule has 1 unspecified atom stereocenters. The van der Waals surface area contributed by atoms with E-state index in [0.717, 1.165) is 38.9 Å². The van der Waals surface area contributed by atoms with Gasteiger partial charge in [0.2, 0.25) is 0 Å². The summed E-state index contributed by atoms with van der Waals surface area (Å²) in [4.78, 5) is 13.7. The second-order valence-corrected chi connectivity index (χ2v) is 4.07. The van der Waals surface area contributed by atoms with Crippen LogP contribution in [-0.4, -0.2) is 50.7 Å². The van der Waals surface area contributed by atoms with E-state index in [-0.39, 0.29) is 12.0 Å². The van der Waals surface area contributed by atoms with Gasteiger partial charge in [0.1, 0.15) is 6.04 Å². The highest BCUT2D eigenvalue weighted by Gasteiger charge is 2.17. The lowest BCUT2D eigenvalue weighted by atomic mass is 10.1. The first-order valence-electron chi connectivity index (χ1n) is 6.15. The van der Waals surface area contributed by atoms with Gasteiger partial charge in [-0.25, -0.2) is 0 Å². The van der Waals surface area contributed by atoms with Crippen molar-refractivity contribution in [3.8, 4) is 0 Å². The standard InChI is InChI=1S/C12H26N2O2/c1-5-7-8-11(12(15)16-4)13-9-10-14(3)6-2/h11,13H,5-10H2,1-4H3. The molecule has 0 aromatic heterocycles. The molecule has 16 heavy (non-hydrogen) atoms. The topological polar surface area (TPSA) is 41.6 Å². The third-order valence-electron chi connectivity index (χ3n) is 2.76. The molecule has 0 aromatic carbocycles. The molecule has 1 N–H and O–H groups in total. The number of hydrogen-bond acceptors (Lipinski definition) is 4. The van der Waals surface area contributed by atoms with Crippen LogP contribution in [-0.2, 0) is 9.53 Å². The largest absolute Gasteiger partial charge is 0.468 e. The van der Waals surface area contributed by atoms with Gasteiger partial charge in [0.05, 0.1) is 7.11 Å². The normalized spacial score (nSPS) is 12.8. The zero-order valence-electron chi connectivity index (χ0n) is 11.1. The number of hydrogen-bond donors (Lipinski definition) is 1. The molecule has 0 amide bonds. The Bertz CT molecular complexity index is 186. The fourth-order valence-electron chi connectivity index (χ4n) is 1.44. The molecule has 0 radical (unpaired) electrons. The quantitative estimate of drug-likeness (QED) is 0.606. The lowest BCUT2D eigenvalue weighted by molar-refractivity contribution is -0.143. The number of esters is 1. The van der Waals surface area contributed by atoms with Crippen molar-refractivity contribution in [3.05, 3.63) is 0 Å². The Morgan fingerprint density at radius 2 is 2.12 bits per heavy atom. The first kappa shape index (κ1) is 15.4. The maximum Gasteiger partial charge on any atom is 0.322 e. The van der Waals surface area contributed by atoms with E-state index in [1.165, 1.54) is 7.11 Å². The van der Waals surface area contributed by atoms with Crippen molar-refractivity contribution in [2.24, 2.45) is 0 Å². The number of ether oxygens (including phenoxy) is 1. The van der Waals surface area contributed by atoms with E-state index in [1.807, 2.05) is 0 Å². The third-order valence-corrected chi connectivity index (χ3v) is 2.76. The Labute approximate surface area is 99.3 Å². The van der Waals surface area contributed by atoms with Crippen molar-refractivity contribution in [2.45, 2.75) is 39.2 Å². The lowest BCUT2D eigenvalue weighted by Gasteiger charge is -2.19. The number of nitrogens with zero attached hydrogens (tertiary/aromatic N) is 1. The summed E-state index contributed by atoms with van der Waals surface area (Å²) in [7, 11) is 3.52. The van der Waals surface area contributed by atoms with Gasteiger partial charge in [-0.3, -0.25) is 4.79 Å². The number of nitrogens with one attached hydrogen (secondary N) is 1. The number of methoxy groups -OCH3 is 1. The molecule has 4 nitrogen and oxygen atoms in total. The van der Waals surface area contributed by atoms with Crippen molar-refractivity contribution in [2.75, 3.05) is 33.8 Å². The predicted molar refractivity (Wildman–Crippen MR) is 66.5 cm³/mol. The number of likely N-dealkylation sites (N-methyl/N-ethyl adjacent to an activating group) is 1. The van der Waals surface area contributed by atoms with Crippen molar-refractivity contribution in [1.82, 2.24) is 10.2 Å². The molecule has 0 heterocycles. The lowest BCUT2D eigenvalue weighted by Crippen LogP contribution is -2.41. The fraction of sp³-hybridized carbons (Fsp3) is 0.917. The molecule has 0 aliphatic rings. The highest BCUT2D eigenvalue weighted by Crippen LogP contribution is 2.02. The van der Waals surface area contributed by atoms with Crippen LogP contribution in [0.3, 0.4) is 0 Å². The van der Waals surface area contributed by atoms with Crippen LogP contribution in [0.15, 0.2) is 0 Å². The van der Waals surface area contributed by atoms with Gasteiger partial charge in [-0.05, 0) is 20.0 Å². The van der Waals surface area contributed by atoms with Crippen LogP contribution in [0.5, 0.6) is 0 Å². The molecule has 0 aromatic rings. The number of unbranched alkanes of at least 4 members (excludes halogenated alkanes) is 1. The van der Waals surface area contributed by atoms with E-state index in [4.69, 9.17) is 4.74 Å². The summed E-state index contributed by atoms with van der Waals surface area (Å²) in [6.07, 6.45) is 3.01. The molecule has 0 rings (SSSR count). The Hall–Kier alpha value is -0.610. The van der Waals surface area contributed by atoms with Crippen molar-refractivity contribution in [3.63, 3.8) is 0 Å². The van der Waals surface area contributed by atoms with E-state index in [9.17, 15) is 4.79 Å². The summed E-state index contributed by atoms with van der Waals surface area (Å²) in [6, 6.07) is -0.143. The fourth-order valence-corrected chi connectivity index (χ4v) is 1.44. The first-order valence-corrected chi connectivity index (χ1v) is 6.15. The molecule has 0 fully saturated rings. The van der Waals surface area contributed by atoms with Crippen LogP contribution in [0, 0.1) is 0 Å². The van der Waals surface area contributed by atoms with Gasteiger partial charge in [-0.1, -0.05) is 26.7 Å². The van der Waals surface area contributed by atoms with Crippen molar-refractivity contribution >= 4 is 5.97 Å². The van der Waals surface area contributed by atoms with Gasteiger partial charge >= 0.3 is 5.97 Å². The van der Waals surface area contributed by atoms with Crippen LogP contribution < -0.4 is 5.32 Å². The van der Waals surface area contributed by atoms with E-state index >= 15 is 0 Å². The molecule has 0 aliphatic carbocycles. The summed E-state index contributed by atoms with van der Waals surface area (Å²) in [5, 5.41) is 3.25. The number of carbonyl (C=O) groups excluding carboxylic acids is 1. The smallest absolute Gasteiger partial charge is 0.322 e. The minimum atomic E-state index is -0.146.